The van der Waals surface area contributed by atoms with Crippen LogP contribution in [0.2, 0.25) is 0 Å². The molecule has 0 aliphatic carbocycles. The molecule has 9 nitrogen and oxygen atoms in total. The Hall–Kier alpha value is -4.01. The smallest absolute Gasteiger partial charge is 0.251 e. The zero-order chi connectivity index (χ0) is 23.2. The molecule has 4 aromatic rings. The van der Waals surface area contributed by atoms with Gasteiger partial charge in [0.2, 0.25) is 0 Å². The minimum atomic E-state index is -0.302. The van der Waals surface area contributed by atoms with E-state index in [2.05, 4.69) is 42.7 Å². The summed E-state index contributed by atoms with van der Waals surface area (Å²) in [5.41, 5.74) is 4.52. The van der Waals surface area contributed by atoms with E-state index >= 15 is 0 Å². The van der Waals surface area contributed by atoms with Crippen LogP contribution < -0.4 is 5.32 Å². The third kappa shape index (κ3) is 5.25. The van der Waals surface area contributed by atoms with E-state index in [1.807, 2.05) is 44.3 Å². The third-order valence-electron chi connectivity index (χ3n) is 5.29. The maximum Gasteiger partial charge on any atom is 0.251 e. The van der Waals surface area contributed by atoms with E-state index in [9.17, 15) is 4.79 Å². The quantitative estimate of drug-likeness (QED) is 0.443. The normalized spacial score (nSPS) is 11.8. The number of nitrogens with one attached hydrogen (secondary N) is 1. The first-order chi connectivity index (χ1) is 16.0. The molecule has 0 aliphatic rings. The number of carbonyl (C=O) groups excluding carboxylic acids is 1. The molecule has 0 bridgehead atoms. The van der Waals surface area contributed by atoms with Gasteiger partial charge in [0.05, 0.1) is 29.3 Å². The van der Waals surface area contributed by atoms with Gasteiger partial charge in [-0.05, 0) is 60.5 Å². The summed E-state index contributed by atoms with van der Waals surface area (Å²) in [6.07, 6.45) is 9.42. The molecule has 33 heavy (non-hydrogen) atoms. The molecule has 0 fully saturated rings. The highest BCUT2D eigenvalue weighted by Gasteiger charge is 2.17. The molecule has 1 amide bonds. The van der Waals surface area contributed by atoms with Crippen LogP contribution in [0.15, 0.2) is 55.1 Å². The lowest BCUT2D eigenvalue weighted by atomic mass is 10.0. The summed E-state index contributed by atoms with van der Waals surface area (Å²) in [5, 5.41) is 15.2. The maximum absolute atomic E-state index is 13.2. The summed E-state index contributed by atoms with van der Waals surface area (Å²) >= 11 is 0. The van der Waals surface area contributed by atoms with E-state index in [1.165, 1.54) is 0 Å². The van der Waals surface area contributed by atoms with Gasteiger partial charge in [-0.25, -0.2) is 0 Å². The molecule has 1 unspecified atom stereocenters. The van der Waals surface area contributed by atoms with Crippen molar-refractivity contribution >= 4 is 5.91 Å². The fourth-order valence-electron chi connectivity index (χ4n) is 3.44. The standard InChI is InChI=1S/C24H26N8O/c1-4-5-6-23-29-30-31-32(23)20-12-18(21-8-7-16(2)14-27-21)11-19(13-20)24(33)28-17(3)22-15-25-9-10-26-22/h7-15,17H,4-6H2,1-3H3,(H,28,33). The van der Waals surface area contributed by atoms with Crippen LogP contribution >= 0.6 is 0 Å². The highest BCUT2D eigenvalue weighted by Crippen LogP contribution is 2.24. The number of tetrazole rings is 1. The van der Waals surface area contributed by atoms with Crippen molar-refractivity contribution in [3.05, 3.63) is 77.8 Å². The van der Waals surface area contributed by atoms with Gasteiger partial charge in [-0.3, -0.25) is 19.7 Å². The van der Waals surface area contributed by atoms with Crippen LogP contribution in [0.4, 0.5) is 0 Å². The maximum atomic E-state index is 13.2. The first kappa shape index (κ1) is 22.2. The second-order valence-corrected chi connectivity index (χ2v) is 7.93. The number of nitrogens with zero attached hydrogens (tertiary/aromatic N) is 7. The second kappa shape index (κ2) is 10.1. The fourth-order valence-corrected chi connectivity index (χ4v) is 3.44. The van der Waals surface area contributed by atoms with Gasteiger partial charge < -0.3 is 5.32 Å². The first-order valence-corrected chi connectivity index (χ1v) is 11.0. The van der Waals surface area contributed by atoms with Crippen molar-refractivity contribution in [3.8, 4) is 16.9 Å². The Kier molecular flexibility index (Phi) is 6.77. The summed E-state index contributed by atoms with van der Waals surface area (Å²) in [6, 6.07) is 9.21. The summed E-state index contributed by atoms with van der Waals surface area (Å²) in [5.74, 6) is 0.525. The van der Waals surface area contributed by atoms with E-state index < -0.39 is 0 Å². The molecule has 1 aromatic carbocycles. The van der Waals surface area contributed by atoms with Crippen molar-refractivity contribution in [2.24, 2.45) is 0 Å². The number of rotatable bonds is 8. The molecule has 1 N–H and O–H groups in total. The van der Waals surface area contributed by atoms with Crippen LogP contribution in [0.25, 0.3) is 16.9 Å². The van der Waals surface area contributed by atoms with Gasteiger partial charge in [0.15, 0.2) is 5.82 Å². The zero-order valence-corrected chi connectivity index (χ0v) is 18.9. The predicted octanol–water partition coefficient (Wildman–Crippen LogP) is 3.66. The fraction of sp³-hybridized carbons (Fsp3) is 0.292. The SMILES string of the molecule is CCCCc1nnnn1-c1cc(C(=O)NC(C)c2cnccn2)cc(-c2ccc(C)cn2)c1. The third-order valence-corrected chi connectivity index (χ3v) is 5.29. The number of aryl methyl sites for hydroxylation is 2. The summed E-state index contributed by atoms with van der Waals surface area (Å²) in [7, 11) is 0. The molecule has 168 valence electrons. The molecule has 0 saturated carbocycles. The monoisotopic (exact) mass is 442 g/mol. The number of hydrogen-bond acceptors (Lipinski definition) is 7. The lowest BCUT2D eigenvalue weighted by molar-refractivity contribution is 0.0939. The van der Waals surface area contributed by atoms with Crippen LogP contribution in [0.1, 0.15) is 60.2 Å². The molecule has 9 heteroatoms. The topological polar surface area (TPSA) is 111 Å². The van der Waals surface area contributed by atoms with Gasteiger partial charge in [0.1, 0.15) is 0 Å². The van der Waals surface area contributed by atoms with Crippen molar-refractivity contribution < 1.29 is 4.79 Å². The Balaban J connectivity index is 1.72. The lowest BCUT2D eigenvalue weighted by Crippen LogP contribution is -2.27. The van der Waals surface area contributed by atoms with Gasteiger partial charge in [0.25, 0.3) is 5.91 Å². The van der Waals surface area contributed by atoms with Crippen molar-refractivity contribution in [3.63, 3.8) is 0 Å². The highest BCUT2D eigenvalue weighted by atomic mass is 16.1. The Bertz CT molecular complexity index is 1220. The van der Waals surface area contributed by atoms with Crippen LogP contribution in [0.3, 0.4) is 0 Å². The lowest BCUT2D eigenvalue weighted by Gasteiger charge is -2.15. The largest absolute Gasteiger partial charge is 0.344 e. The number of aromatic nitrogens is 7. The van der Waals surface area contributed by atoms with E-state index in [1.54, 1.807) is 29.3 Å². The van der Waals surface area contributed by atoms with Gasteiger partial charge in [-0.15, -0.1) is 5.10 Å². The highest BCUT2D eigenvalue weighted by molar-refractivity contribution is 5.96. The molecular weight excluding hydrogens is 416 g/mol. The van der Waals surface area contributed by atoms with E-state index in [-0.39, 0.29) is 11.9 Å². The van der Waals surface area contributed by atoms with Crippen LogP contribution in [0, 0.1) is 6.92 Å². The second-order valence-electron chi connectivity index (χ2n) is 7.93. The average Bonchev–Trinajstić information content (AvgIpc) is 3.32. The van der Waals surface area contributed by atoms with E-state index in [4.69, 9.17) is 0 Å². The van der Waals surface area contributed by atoms with E-state index in [0.717, 1.165) is 41.9 Å². The minimum Gasteiger partial charge on any atom is -0.344 e. The predicted molar refractivity (Wildman–Crippen MR) is 124 cm³/mol. The number of amides is 1. The van der Waals surface area contributed by atoms with Crippen LogP contribution in [0.5, 0.6) is 0 Å². The summed E-state index contributed by atoms with van der Waals surface area (Å²) < 4.78 is 1.69. The van der Waals surface area contributed by atoms with Crippen LogP contribution in [-0.4, -0.2) is 41.1 Å². The van der Waals surface area contributed by atoms with Crippen molar-refractivity contribution in [1.29, 1.82) is 0 Å². The van der Waals surface area contributed by atoms with Crippen molar-refractivity contribution in [2.45, 2.75) is 46.1 Å². The van der Waals surface area contributed by atoms with Gasteiger partial charge in [0, 0.05) is 36.1 Å². The number of hydrogen-bond donors (Lipinski definition) is 1. The Morgan fingerprint density at radius 1 is 1.12 bits per heavy atom. The summed E-state index contributed by atoms with van der Waals surface area (Å²) in [4.78, 5) is 26.1. The molecule has 0 aliphatic heterocycles. The Labute approximate surface area is 192 Å². The molecule has 4 rings (SSSR count). The molecule has 3 heterocycles. The molecule has 0 radical (unpaired) electrons. The molecule has 0 spiro atoms. The van der Waals surface area contributed by atoms with Gasteiger partial charge >= 0.3 is 0 Å². The summed E-state index contributed by atoms with van der Waals surface area (Å²) in [6.45, 7) is 5.98. The molecular formula is C24H26N8O. The molecule has 3 aromatic heterocycles. The van der Waals surface area contributed by atoms with Crippen LogP contribution in [-0.2, 0) is 6.42 Å². The minimum absolute atomic E-state index is 0.230. The van der Waals surface area contributed by atoms with Crippen molar-refractivity contribution in [1.82, 2.24) is 40.5 Å². The van der Waals surface area contributed by atoms with Gasteiger partial charge in [-0.1, -0.05) is 19.4 Å². The number of benzene rings is 1. The molecule has 1 atom stereocenters. The Morgan fingerprint density at radius 3 is 2.73 bits per heavy atom. The van der Waals surface area contributed by atoms with E-state index in [0.29, 0.717) is 16.9 Å². The number of pyridine rings is 1. The first-order valence-electron chi connectivity index (χ1n) is 11.0. The zero-order valence-electron chi connectivity index (χ0n) is 18.9. The number of carbonyl (C=O) groups is 1. The van der Waals surface area contributed by atoms with Crippen molar-refractivity contribution in [2.75, 3.05) is 0 Å². The molecule has 0 saturated heterocycles. The van der Waals surface area contributed by atoms with Gasteiger partial charge in [-0.2, -0.15) is 4.68 Å². The Morgan fingerprint density at radius 2 is 2.00 bits per heavy atom. The average molecular weight is 443 g/mol. The number of unbranched alkanes of at least 4 members (excludes halogenated alkanes) is 1.